The van der Waals surface area contributed by atoms with Gasteiger partial charge in [-0.25, -0.2) is 4.98 Å². The number of aromatic nitrogens is 2. The first-order valence-corrected chi connectivity index (χ1v) is 6.53. The van der Waals surface area contributed by atoms with Crippen molar-refractivity contribution in [2.75, 3.05) is 7.05 Å². The van der Waals surface area contributed by atoms with Crippen molar-refractivity contribution in [2.24, 2.45) is 0 Å². The van der Waals surface area contributed by atoms with Gasteiger partial charge >= 0.3 is 0 Å². The van der Waals surface area contributed by atoms with E-state index in [0.717, 1.165) is 5.56 Å². The molecule has 2 aromatic rings. The quantitative estimate of drug-likeness (QED) is 0.900. The first-order chi connectivity index (χ1) is 9.32. The lowest BCUT2D eigenvalue weighted by molar-refractivity contribution is -0.121. The van der Waals surface area contributed by atoms with E-state index in [1.807, 2.05) is 12.1 Å². The Kier molecular flexibility index (Phi) is 3.61. The molecule has 0 saturated heterocycles. The molecule has 0 unspecified atom stereocenters. The van der Waals surface area contributed by atoms with Crippen molar-refractivity contribution in [3.8, 4) is 0 Å². The summed E-state index contributed by atoms with van der Waals surface area (Å²) in [7, 11) is 1.54. The molecule has 2 rings (SSSR count). The van der Waals surface area contributed by atoms with Crippen molar-refractivity contribution in [1.82, 2.24) is 14.9 Å². The summed E-state index contributed by atoms with van der Waals surface area (Å²) in [5.41, 5.74) is 1.60. The van der Waals surface area contributed by atoms with Crippen molar-refractivity contribution in [2.45, 2.75) is 32.7 Å². The molecular weight excluding hydrogens is 254 g/mol. The highest BCUT2D eigenvalue weighted by molar-refractivity contribution is 5.79. The lowest BCUT2D eigenvalue weighted by atomic mass is 9.86. The molecule has 0 atom stereocenters. The Balaban J connectivity index is 2.53. The molecule has 1 N–H and O–H groups in total. The molecule has 0 saturated carbocycles. The zero-order valence-electron chi connectivity index (χ0n) is 12.2. The molecule has 1 aromatic carbocycles. The van der Waals surface area contributed by atoms with Crippen molar-refractivity contribution in [3.63, 3.8) is 0 Å². The van der Waals surface area contributed by atoms with E-state index in [-0.39, 0.29) is 23.4 Å². The minimum atomic E-state index is -0.223. The Hall–Kier alpha value is -2.17. The van der Waals surface area contributed by atoms with Gasteiger partial charge in [-0.15, -0.1) is 0 Å². The van der Waals surface area contributed by atoms with Gasteiger partial charge in [0, 0.05) is 7.05 Å². The van der Waals surface area contributed by atoms with Crippen LogP contribution in [-0.4, -0.2) is 22.5 Å². The first-order valence-electron chi connectivity index (χ1n) is 6.53. The van der Waals surface area contributed by atoms with E-state index in [4.69, 9.17) is 0 Å². The molecular formula is C15H19N3O2. The third-order valence-corrected chi connectivity index (χ3v) is 3.28. The van der Waals surface area contributed by atoms with Crippen LogP contribution in [0.4, 0.5) is 0 Å². The zero-order chi connectivity index (χ0) is 14.9. The number of rotatable bonds is 2. The molecule has 0 aliphatic rings. The van der Waals surface area contributed by atoms with Gasteiger partial charge in [-0.3, -0.25) is 14.2 Å². The first kappa shape index (κ1) is 14.2. The van der Waals surface area contributed by atoms with Crippen molar-refractivity contribution < 1.29 is 4.79 Å². The number of hydrogen-bond acceptors (Lipinski definition) is 3. The number of nitrogens with one attached hydrogen (secondary N) is 1. The number of amides is 1. The summed E-state index contributed by atoms with van der Waals surface area (Å²) in [4.78, 5) is 27.9. The molecule has 5 nitrogen and oxygen atoms in total. The fourth-order valence-corrected chi connectivity index (χ4v) is 1.97. The number of benzene rings is 1. The molecule has 0 aliphatic carbocycles. The summed E-state index contributed by atoms with van der Waals surface area (Å²) >= 11 is 0. The van der Waals surface area contributed by atoms with Crippen LogP contribution in [0.3, 0.4) is 0 Å². The van der Waals surface area contributed by atoms with Gasteiger partial charge in [0.25, 0.3) is 5.56 Å². The summed E-state index contributed by atoms with van der Waals surface area (Å²) in [5.74, 6) is -0.223. The Morgan fingerprint density at radius 2 is 2.05 bits per heavy atom. The van der Waals surface area contributed by atoms with E-state index in [1.165, 1.54) is 17.9 Å². The van der Waals surface area contributed by atoms with Crippen LogP contribution in [-0.2, 0) is 16.8 Å². The fourth-order valence-electron chi connectivity index (χ4n) is 1.97. The Morgan fingerprint density at radius 3 is 2.65 bits per heavy atom. The minimum absolute atomic E-state index is 0.00677. The Labute approximate surface area is 117 Å². The number of nitrogens with zero attached hydrogens (tertiary/aromatic N) is 2. The van der Waals surface area contributed by atoms with Crippen LogP contribution in [0.25, 0.3) is 10.9 Å². The fraction of sp³-hybridized carbons (Fsp3) is 0.400. The average molecular weight is 273 g/mol. The van der Waals surface area contributed by atoms with Crippen LogP contribution in [0.15, 0.2) is 29.3 Å². The smallest absolute Gasteiger partial charge is 0.261 e. The SMILES string of the molecule is CNC(=O)Cn1cnc2cc(C(C)(C)C)ccc2c1=O. The predicted octanol–water partition coefficient (Wildman–Crippen LogP) is 1.44. The molecule has 1 heterocycles. The van der Waals surface area contributed by atoms with Gasteiger partial charge in [-0.1, -0.05) is 26.8 Å². The van der Waals surface area contributed by atoms with Gasteiger partial charge in [0.1, 0.15) is 6.54 Å². The highest BCUT2D eigenvalue weighted by atomic mass is 16.2. The van der Waals surface area contributed by atoms with E-state index in [0.29, 0.717) is 10.9 Å². The van der Waals surface area contributed by atoms with E-state index in [1.54, 1.807) is 6.07 Å². The maximum atomic E-state index is 12.3. The van der Waals surface area contributed by atoms with Crippen LogP contribution in [0.2, 0.25) is 0 Å². The normalized spacial score (nSPS) is 11.6. The molecule has 5 heteroatoms. The molecule has 20 heavy (non-hydrogen) atoms. The third kappa shape index (κ3) is 2.71. The van der Waals surface area contributed by atoms with Gasteiger partial charge in [-0.2, -0.15) is 0 Å². The number of carbonyl (C=O) groups is 1. The van der Waals surface area contributed by atoms with Crippen LogP contribution >= 0.6 is 0 Å². The number of fused-ring (bicyclic) bond motifs is 1. The minimum Gasteiger partial charge on any atom is -0.358 e. The second-order valence-corrected chi connectivity index (χ2v) is 5.83. The van der Waals surface area contributed by atoms with Gasteiger partial charge in [-0.05, 0) is 23.1 Å². The number of likely N-dealkylation sites (N-methyl/N-ethyl adjacent to an activating group) is 1. The van der Waals surface area contributed by atoms with E-state index < -0.39 is 0 Å². The van der Waals surface area contributed by atoms with Crippen LogP contribution in [0.1, 0.15) is 26.3 Å². The van der Waals surface area contributed by atoms with E-state index in [2.05, 4.69) is 31.1 Å². The van der Waals surface area contributed by atoms with E-state index in [9.17, 15) is 9.59 Å². The molecule has 1 amide bonds. The van der Waals surface area contributed by atoms with Crippen LogP contribution < -0.4 is 10.9 Å². The largest absolute Gasteiger partial charge is 0.358 e. The standard InChI is InChI=1S/C15H19N3O2/c1-15(2,3)10-5-6-11-12(7-10)17-9-18(14(11)20)8-13(19)16-4/h5-7,9H,8H2,1-4H3,(H,16,19). The lowest BCUT2D eigenvalue weighted by Crippen LogP contribution is -2.30. The van der Waals surface area contributed by atoms with Crippen molar-refractivity contribution >= 4 is 16.8 Å². The lowest BCUT2D eigenvalue weighted by Gasteiger charge is -2.19. The van der Waals surface area contributed by atoms with Gasteiger partial charge < -0.3 is 5.32 Å². The Bertz CT molecular complexity index is 711. The highest BCUT2D eigenvalue weighted by Gasteiger charge is 2.15. The third-order valence-electron chi connectivity index (χ3n) is 3.28. The summed E-state index contributed by atoms with van der Waals surface area (Å²) in [6.45, 7) is 6.32. The zero-order valence-corrected chi connectivity index (χ0v) is 12.2. The van der Waals surface area contributed by atoms with Gasteiger partial charge in [0.2, 0.25) is 5.91 Å². The second kappa shape index (κ2) is 5.07. The van der Waals surface area contributed by atoms with E-state index >= 15 is 0 Å². The average Bonchev–Trinajstić information content (AvgIpc) is 2.40. The summed E-state index contributed by atoms with van der Waals surface area (Å²) in [5, 5.41) is 3.02. The topological polar surface area (TPSA) is 64.0 Å². The highest BCUT2D eigenvalue weighted by Crippen LogP contribution is 2.24. The molecule has 0 aliphatic heterocycles. The number of carbonyl (C=O) groups excluding carboxylic acids is 1. The molecule has 0 bridgehead atoms. The maximum Gasteiger partial charge on any atom is 0.261 e. The molecule has 106 valence electrons. The second-order valence-electron chi connectivity index (χ2n) is 5.83. The maximum absolute atomic E-state index is 12.3. The molecule has 0 radical (unpaired) electrons. The summed E-state index contributed by atoms with van der Waals surface area (Å²) in [6.07, 6.45) is 1.42. The van der Waals surface area contributed by atoms with Crippen LogP contribution in [0.5, 0.6) is 0 Å². The molecule has 0 spiro atoms. The molecule has 1 aromatic heterocycles. The van der Waals surface area contributed by atoms with Crippen LogP contribution in [0, 0.1) is 0 Å². The number of hydrogen-bond donors (Lipinski definition) is 1. The molecule has 0 fully saturated rings. The monoisotopic (exact) mass is 273 g/mol. The predicted molar refractivity (Wildman–Crippen MR) is 78.8 cm³/mol. The van der Waals surface area contributed by atoms with Crippen molar-refractivity contribution in [3.05, 3.63) is 40.4 Å². The Morgan fingerprint density at radius 1 is 1.35 bits per heavy atom. The summed E-state index contributed by atoms with van der Waals surface area (Å²) in [6, 6.07) is 5.65. The summed E-state index contributed by atoms with van der Waals surface area (Å²) < 4.78 is 1.32. The van der Waals surface area contributed by atoms with Gasteiger partial charge in [0.05, 0.1) is 17.2 Å². The van der Waals surface area contributed by atoms with Gasteiger partial charge in [0.15, 0.2) is 0 Å². The van der Waals surface area contributed by atoms with Crippen molar-refractivity contribution in [1.29, 1.82) is 0 Å².